The van der Waals surface area contributed by atoms with Gasteiger partial charge in [-0.15, -0.1) is 0 Å². The maximum Gasteiger partial charge on any atom is 0.144 e. The van der Waals surface area contributed by atoms with Crippen molar-refractivity contribution in [3.05, 3.63) is 23.5 Å². The van der Waals surface area contributed by atoms with Crippen LogP contribution in [-0.4, -0.2) is 33.5 Å². The molecular formula is C11H18O3. The minimum atomic E-state index is -0.125. The van der Waals surface area contributed by atoms with Gasteiger partial charge in [0.2, 0.25) is 0 Å². The third-order valence-electron chi connectivity index (χ3n) is 2.45. The van der Waals surface area contributed by atoms with Crippen LogP contribution in [0.3, 0.4) is 0 Å². The van der Waals surface area contributed by atoms with E-state index < -0.39 is 0 Å². The predicted octanol–water partition coefficient (Wildman–Crippen LogP) is 1.90. The molecule has 0 saturated heterocycles. The Morgan fingerprint density at radius 1 is 1.21 bits per heavy atom. The summed E-state index contributed by atoms with van der Waals surface area (Å²) in [6.07, 6.45) is 4.90. The van der Waals surface area contributed by atoms with E-state index in [-0.39, 0.29) is 12.2 Å². The fraction of sp³-hybridized carbons (Fsp3) is 0.636. The SMILES string of the molecule is CCC1=CC(OC)C(OC)C(OC)=C1. The van der Waals surface area contributed by atoms with Crippen molar-refractivity contribution in [3.63, 3.8) is 0 Å². The van der Waals surface area contributed by atoms with Crippen LogP contribution in [0.25, 0.3) is 0 Å². The summed E-state index contributed by atoms with van der Waals surface area (Å²) in [6, 6.07) is 0. The highest BCUT2D eigenvalue weighted by atomic mass is 16.6. The van der Waals surface area contributed by atoms with Gasteiger partial charge in [0.15, 0.2) is 0 Å². The van der Waals surface area contributed by atoms with Gasteiger partial charge in [-0.25, -0.2) is 0 Å². The van der Waals surface area contributed by atoms with E-state index in [1.807, 2.05) is 6.08 Å². The maximum atomic E-state index is 5.34. The van der Waals surface area contributed by atoms with Crippen molar-refractivity contribution in [1.29, 1.82) is 0 Å². The van der Waals surface area contributed by atoms with Crippen LogP contribution in [0.4, 0.5) is 0 Å². The van der Waals surface area contributed by atoms with Gasteiger partial charge < -0.3 is 14.2 Å². The largest absolute Gasteiger partial charge is 0.498 e. The van der Waals surface area contributed by atoms with Crippen molar-refractivity contribution < 1.29 is 14.2 Å². The van der Waals surface area contributed by atoms with Crippen LogP contribution in [0.15, 0.2) is 23.5 Å². The van der Waals surface area contributed by atoms with Gasteiger partial charge in [-0.3, -0.25) is 0 Å². The van der Waals surface area contributed by atoms with Crippen LogP contribution < -0.4 is 0 Å². The lowest BCUT2D eigenvalue weighted by Gasteiger charge is -2.28. The fourth-order valence-corrected chi connectivity index (χ4v) is 1.61. The predicted molar refractivity (Wildman–Crippen MR) is 55.1 cm³/mol. The second-order valence-corrected chi connectivity index (χ2v) is 3.20. The van der Waals surface area contributed by atoms with Gasteiger partial charge in [0.25, 0.3) is 0 Å². The zero-order chi connectivity index (χ0) is 10.6. The number of ether oxygens (including phenoxy) is 3. The normalized spacial score (nSPS) is 26.9. The topological polar surface area (TPSA) is 27.7 Å². The Hall–Kier alpha value is -0.800. The zero-order valence-corrected chi connectivity index (χ0v) is 9.24. The van der Waals surface area contributed by atoms with Gasteiger partial charge in [0.05, 0.1) is 7.11 Å². The van der Waals surface area contributed by atoms with Gasteiger partial charge in [-0.2, -0.15) is 0 Å². The third-order valence-corrected chi connectivity index (χ3v) is 2.45. The van der Waals surface area contributed by atoms with E-state index in [1.54, 1.807) is 21.3 Å². The van der Waals surface area contributed by atoms with Crippen molar-refractivity contribution in [1.82, 2.24) is 0 Å². The molecule has 80 valence electrons. The first-order valence-electron chi connectivity index (χ1n) is 4.78. The molecular weight excluding hydrogens is 180 g/mol. The van der Waals surface area contributed by atoms with Crippen LogP contribution in [0.1, 0.15) is 13.3 Å². The first kappa shape index (κ1) is 11.3. The van der Waals surface area contributed by atoms with E-state index in [0.29, 0.717) is 0 Å². The van der Waals surface area contributed by atoms with E-state index in [2.05, 4.69) is 13.0 Å². The Morgan fingerprint density at radius 2 is 1.93 bits per heavy atom. The Morgan fingerprint density at radius 3 is 2.36 bits per heavy atom. The zero-order valence-electron chi connectivity index (χ0n) is 9.24. The van der Waals surface area contributed by atoms with E-state index in [9.17, 15) is 0 Å². The molecule has 14 heavy (non-hydrogen) atoms. The summed E-state index contributed by atoms with van der Waals surface area (Å²) in [5.41, 5.74) is 1.22. The van der Waals surface area contributed by atoms with Gasteiger partial charge in [-0.05, 0) is 24.1 Å². The molecule has 0 aromatic heterocycles. The molecule has 0 aromatic rings. The Labute approximate surface area is 85.3 Å². The molecule has 3 nitrogen and oxygen atoms in total. The Balaban J connectivity index is 2.89. The first-order valence-corrected chi connectivity index (χ1v) is 4.78. The number of hydrogen-bond donors (Lipinski definition) is 0. The van der Waals surface area contributed by atoms with Gasteiger partial charge in [0.1, 0.15) is 18.0 Å². The van der Waals surface area contributed by atoms with E-state index in [0.717, 1.165) is 12.2 Å². The molecule has 0 aromatic carbocycles. The molecule has 0 fully saturated rings. The lowest BCUT2D eigenvalue weighted by molar-refractivity contribution is -0.0190. The Bertz CT molecular complexity index is 243. The monoisotopic (exact) mass is 198 g/mol. The summed E-state index contributed by atoms with van der Waals surface area (Å²) in [7, 11) is 5.00. The third kappa shape index (κ3) is 2.16. The summed E-state index contributed by atoms with van der Waals surface area (Å²) in [5, 5.41) is 0. The fourth-order valence-electron chi connectivity index (χ4n) is 1.61. The van der Waals surface area contributed by atoms with Gasteiger partial charge >= 0.3 is 0 Å². The molecule has 0 aliphatic heterocycles. The van der Waals surface area contributed by atoms with Crippen molar-refractivity contribution in [3.8, 4) is 0 Å². The molecule has 1 rings (SSSR count). The van der Waals surface area contributed by atoms with Gasteiger partial charge in [-0.1, -0.05) is 6.92 Å². The minimum Gasteiger partial charge on any atom is -0.498 e. The van der Waals surface area contributed by atoms with Crippen molar-refractivity contribution in [2.75, 3.05) is 21.3 Å². The quantitative estimate of drug-likeness (QED) is 0.690. The van der Waals surface area contributed by atoms with Crippen LogP contribution in [0, 0.1) is 0 Å². The number of methoxy groups -OCH3 is 3. The molecule has 2 atom stereocenters. The van der Waals surface area contributed by atoms with Gasteiger partial charge in [0, 0.05) is 14.2 Å². The molecule has 1 aliphatic carbocycles. The summed E-state index contributed by atoms with van der Waals surface area (Å²) >= 11 is 0. The molecule has 3 heteroatoms. The van der Waals surface area contributed by atoms with Crippen molar-refractivity contribution >= 4 is 0 Å². The van der Waals surface area contributed by atoms with Crippen LogP contribution in [0.5, 0.6) is 0 Å². The smallest absolute Gasteiger partial charge is 0.144 e. The standard InChI is InChI=1S/C11H18O3/c1-5-8-6-9(12-2)11(14-4)10(7-8)13-3/h6-7,9,11H,5H2,1-4H3. The molecule has 0 heterocycles. The van der Waals surface area contributed by atoms with E-state index in [4.69, 9.17) is 14.2 Å². The molecule has 0 radical (unpaired) electrons. The highest BCUT2D eigenvalue weighted by Gasteiger charge is 2.27. The summed E-state index contributed by atoms with van der Waals surface area (Å²) < 4.78 is 15.9. The van der Waals surface area contributed by atoms with Crippen LogP contribution in [-0.2, 0) is 14.2 Å². The number of allylic oxidation sites excluding steroid dienone is 2. The number of hydrogen-bond acceptors (Lipinski definition) is 3. The summed E-state index contributed by atoms with van der Waals surface area (Å²) in [6.45, 7) is 2.11. The number of rotatable bonds is 4. The van der Waals surface area contributed by atoms with Crippen LogP contribution in [0.2, 0.25) is 0 Å². The maximum absolute atomic E-state index is 5.34. The second kappa shape index (κ2) is 5.17. The first-order chi connectivity index (χ1) is 6.76. The lowest BCUT2D eigenvalue weighted by Crippen LogP contribution is -2.33. The minimum absolute atomic E-state index is 0.0464. The van der Waals surface area contributed by atoms with E-state index in [1.165, 1.54) is 5.57 Å². The van der Waals surface area contributed by atoms with E-state index >= 15 is 0 Å². The highest BCUT2D eigenvalue weighted by Crippen LogP contribution is 2.24. The molecule has 1 aliphatic rings. The summed E-state index contributed by atoms with van der Waals surface area (Å²) in [4.78, 5) is 0. The Kier molecular flexibility index (Phi) is 4.17. The summed E-state index contributed by atoms with van der Waals surface area (Å²) in [5.74, 6) is 0.832. The van der Waals surface area contributed by atoms with Crippen molar-refractivity contribution in [2.45, 2.75) is 25.6 Å². The molecule has 0 amide bonds. The van der Waals surface area contributed by atoms with Crippen molar-refractivity contribution in [2.24, 2.45) is 0 Å². The second-order valence-electron chi connectivity index (χ2n) is 3.20. The molecule has 0 spiro atoms. The average molecular weight is 198 g/mol. The highest BCUT2D eigenvalue weighted by molar-refractivity contribution is 5.30. The molecule has 0 saturated carbocycles. The average Bonchev–Trinajstić information content (AvgIpc) is 2.26. The molecule has 0 bridgehead atoms. The molecule has 2 unspecified atom stereocenters. The molecule has 0 N–H and O–H groups in total. The van der Waals surface area contributed by atoms with Crippen LogP contribution >= 0.6 is 0 Å². The lowest BCUT2D eigenvalue weighted by atomic mass is 9.98.